The van der Waals surface area contributed by atoms with Crippen LogP contribution < -0.4 is 26.2 Å². The van der Waals surface area contributed by atoms with Crippen LogP contribution in [0.3, 0.4) is 0 Å². The summed E-state index contributed by atoms with van der Waals surface area (Å²) in [6, 6.07) is 5.87. The number of aromatic nitrogens is 2. The fourth-order valence-corrected chi connectivity index (χ4v) is 4.70. The Labute approximate surface area is 285 Å². The van der Waals surface area contributed by atoms with Crippen molar-refractivity contribution < 1.29 is 57.3 Å². The molecule has 268 valence electrons. The number of carbonyl (C=O) groups is 8. The molecule has 2 aliphatic heterocycles. The van der Waals surface area contributed by atoms with Crippen LogP contribution >= 0.6 is 0 Å². The summed E-state index contributed by atoms with van der Waals surface area (Å²) in [5.41, 5.74) is 2.62. The SMILES string of the molecule is O=C1COC(=O)CNC(=O)COC(=O)C(Cc2ccc(Cn3cc(N4CCCC4)cn3)cc2)NC(=O)COC(=O)CNC(=O)COC(=O)CN1. The molecule has 3 heterocycles. The second kappa shape index (κ2) is 18.5. The summed E-state index contributed by atoms with van der Waals surface area (Å²) in [6.07, 6.45) is 6.05. The van der Waals surface area contributed by atoms with Crippen LogP contribution in [-0.4, -0.2) is 122 Å². The van der Waals surface area contributed by atoms with Crippen LogP contribution in [-0.2, 0) is 70.3 Å². The first-order chi connectivity index (χ1) is 24.0. The molecule has 1 unspecified atom stereocenters. The van der Waals surface area contributed by atoms with Gasteiger partial charge in [0.2, 0.25) is 0 Å². The highest BCUT2D eigenvalue weighted by Gasteiger charge is 2.25. The van der Waals surface area contributed by atoms with Crippen molar-refractivity contribution >= 4 is 53.2 Å². The summed E-state index contributed by atoms with van der Waals surface area (Å²) in [7, 11) is 0. The average Bonchev–Trinajstić information content (AvgIpc) is 3.81. The maximum absolute atomic E-state index is 13.0. The molecule has 0 bridgehead atoms. The van der Waals surface area contributed by atoms with Gasteiger partial charge >= 0.3 is 23.9 Å². The molecule has 4 amide bonds. The van der Waals surface area contributed by atoms with Gasteiger partial charge in [0.1, 0.15) is 25.7 Å². The second-order valence-corrected chi connectivity index (χ2v) is 11.2. The van der Waals surface area contributed by atoms with Gasteiger partial charge in [-0.15, -0.1) is 0 Å². The van der Waals surface area contributed by atoms with Gasteiger partial charge in [0.25, 0.3) is 23.6 Å². The van der Waals surface area contributed by atoms with E-state index in [1.165, 1.54) is 0 Å². The van der Waals surface area contributed by atoms with Gasteiger partial charge in [-0.2, -0.15) is 5.10 Å². The zero-order valence-corrected chi connectivity index (χ0v) is 27.0. The van der Waals surface area contributed by atoms with E-state index in [-0.39, 0.29) is 6.42 Å². The van der Waals surface area contributed by atoms with Crippen LogP contribution in [0.2, 0.25) is 0 Å². The first kappa shape index (κ1) is 36.8. The predicted octanol–water partition coefficient (Wildman–Crippen LogP) is -2.91. The van der Waals surface area contributed by atoms with E-state index >= 15 is 0 Å². The lowest BCUT2D eigenvalue weighted by Gasteiger charge is -2.18. The Morgan fingerprint density at radius 2 is 1.12 bits per heavy atom. The molecule has 4 rings (SSSR count). The number of rotatable bonds is 5. The van der Waals surface area contributed by atoms with E-state index in [9.17, 15) is 38.4 Å². The van der Waals surface area contributed by atoms with E-state index in [1.54, 1.807) is 12.1 Å². The fourth-order valence-electron chi connectivity index (χ4n) is 4.70. The monoisotopic (exact) mass is 699 g/mol. The summed E-state index contributed by atoms with van der Waals surface area (Å²) in [5.74, 6) is -7.51. The number of nitrogens with zero attached hydrogens (tertiary/aromatic N) is 3. The van der Waals surface area contributed by atoms with Gasteiger partial charge in [0.05, 0.1) is 18.4 Å². The molecular formula is C31H37N7O12. The van der Waals surface area contributed by atoms with Gasteiger partial charge in [-0.05, 0) is 24.0 Å². The Morgan fingerprint density at radius 1 is 0.640 bits per heavy atom. The number of amides is 4. The Balaban J connectivity index is 1.37. The van der Waals surface area contributed by atoms with Gasteiger partial charge < -0.3 is 45.1 Å². The van der Waals surface area contributed by atoms with Crippen molar-refractivity contribution in [3.63, 3.8) is 0 Å². The largest absolute Gasteiger partial charge is 0.454 e. The molecule has 0 aliphatic carbocycles. The topological polar surface area (TPSA) is 243 Å². The molecule has 2 aromatic rings. The average molecular weight is 700 g/mol. The number of benzene rings is 1. The van der Waals surface area contributed by atoms with E-state index in [1.807, 2.05) is 29.2 Å². The number of carbonyl (C=O) groups excluding carboxylic acids is 8. The second-order valence-electron chi connectivity index (χ2n) is 11.2. The maximum atomic E-state index is 13.0. The highest BCUT2D eigenvalue weighted by Crippen LogP contribution is 2.19. The molecule has 4 N–H and O–H groups in total. The minimum atomic E-state index is -1.32. The summed E-state index contributed by atoms with van der Waals surface area (Å²) >= 11 is 0. The van der Waals surface area contributed by atoms with Crippen LogP contribution in [0.1, 0.15) is 24.0 Å². The van der Waals surface area contributed by atoms with E-state index in [2.05, 4.69) is 36.0 Å². The van der Waals surface area contributed by atoms with Crippen molar-refractivity contribution in [3.05, 3.63) is 47.8 Å². The first-order valence-corrected chi connectivity index (χ1v) is 15.6. The molecule has 19 nitrogen and oxygen atoms in total. The summed E-state index contributed by atoms with van der Waals surface area (Å²) < 4.78 is 21.1. The minimum absolute atomic E-state index is 0.0650. The van der Waals surface area contributed by atoms with Crippen LogP contribution in [0.15, 0.2) is 36.7 Å². The van der Waals surface area contributed by atoms with Crippen LogP contribution in [0.5, 0.6) is 0 Å². The Kier molecular flexibility index (Phi) is 13.6. The molecule has 1 aromatic carbocycles. The third kappa shape index (κ3) is 12.5. The molecule has 2 fully saturated rings. The van der Waals surface area contributed by atoms with Crippen LogP contribution in [0.4, 0.5) is 5.69 Å². The summed E-state index contributed by atoms with van der Waals surface area (Å²) in [4.78, 5) is 99.5. The standard InChI is InChI=1S/C31H37N7O12/c39-24-16-48-29(44)12-34-26(41)18-50-31(46)23(36-27(42)19-49-30(45)13-33-25(40)17-47-28(43)11-32-24)9-20-3-5-21(6-4-20)14-38-15-22(10-35-38)37-7-1-2-8-37/h3-6,10,15,23H,1-2,7-9,11-14,16-19H2,(H,32,39)(H,33,40)(H,34,41)(H,36,42). The number of hydrogen-bond acceptors (Lipinski definition) is 14. The normalized spacial score (nSPS) is 19.8. The predicted molar refractivity (Wildman–Crippen MR) is 168 cm³/mol. The quantitative estimate of drug-likeness (QED) is 0.181. The third-order valence-electron chi connectivity index (χ3n) is 7.25. The molecule has 0 saturated carbocycles. The molecule has 0 spiro atoms. The van der Waals surface area contributed by atoms with Gasteiger partial charge in [0, 0.05) is 25.7 Å². The van der Waals surface area contributed by atoms with Crippen molar-refractivity contribution in [1.29, 1.82) is 0 Å². The first-order valence-electron chi connectivity index (χ1n) is 15.6. The highest BCUT2D eigenvalue weighted by molar-refractivity contribution is 5.90. The lowest BCUT2D eigenvalue weighted by Crippen LogP contribution is -2.46. The number of hydrogen-bond donors (Lipinski definition) is 4. The van der Waals surface area contributed by atoms with Crippen molar-refractivity contribution in [2.24, 2.45) is 0 Å². The number of esters is 4. The van der Waals surface area contributed by atoms with Crippen molar-refractivity contribution in [1.82, 2.24) is 31.0 Å². The fraction of sp³-hybridized carbons (Fsp3) is 0.452. The zero-order chi connectivity index (χ0) is 35.9. The number of ether oxygens (including phenoxy) is 4. The van der Waals surface area contributed by atoms with Gasteiger partial charge in [-0.1, -0.05) is 24.3 Å². The smallest absolute Gasteiger partial charge is 0.329 e. The molecular weight excluding hydrogens is 662 g/mol. The van der Waals surface area contributed by atoms with E-state index in [4.69, 9.17) is 14.2 Å². The molecule has 50 heavy (non-hydrogen) atoms. The lowest BCUT2D eigenvalue weighted by atomic mass is 10.0. The lowest BCUT2D eigenvalue weighted by molar-refractivity contribution is -0.154. The molecule has 19 heteroatoms. The molecule has 1 atom stereocenters. The summed E-state index contributed by atoms with van der Waals surface area (Å²) in [5, 5.41) is 13.2. The van der Waals surface area contributed by atoms with E-state index in [0.29, 0.717) is 12.1 Å². The zero-order valence-electron chi connectivity index (χ0n) is 27.0. The Bertz CT molecular complexity index is 1570. The minimum Gasteiger partial charge on any atom is -0.454 e. The van der Waals surface area contributed by atoms with Crippen LogP contribution in [0, 0.1) is 0 Å². The highest BCUT2D eigenvalue weighted by atomic mass is 16.6. The Morgan fingerprint density at radius 3 is 1.66 bits per heavy atom. The van der Waals surface area contributed by atoms with E-state index in [0.717, 1.165) is 37.2 Å². The van der Waals surface area contributed by atoms with Crippen LogP contribution in [0.25, 0.3) is 0 Å². The molecule has 2 aliphatic rings. The molecule has 0 radical (unpaired) electrons. The van der Waals surface area contributed by atoms with E-state index < -0.39 is 99.6 Å². The summed E-state index contributed by atoms with van der Waals surface area (Å²) in [6.45, 7) is -2.70. The van der Waals surface area contributed by atoms with Gasteiger partial charge in [0.15, 0.2) is 26.4 Å². The Hall–Kier alpha value is -6.01. The van der Waals surface area contributed by atoms with Gasteiger partial charge in [-0.3, -0.25) is 38.2 Å². The molecule has 2 saturated heterocycles. The third-order valence-corrected chi connectivity index (χ3v) is 7.25. The number of nitrogens with one attached hydrogen (secondary N) is 4. The number of anilines is 1. The van der Waals surface area contributed by atoms with Crippen molar-refractivity contribution in [2.75, 3.05) is 64.1 Å². The number of cyclic esters (lactones) is 4. The van der Waals surface area contributed by atoms with Crippen molar-refractivity contribution in [3.8, 4) is 0 Å². The van der Waals surface area contributed by atoms with Gasteiger partial charge in [-0.25, -0.2) is 4.79 Å². The van der Waals surface area contributed by atoms with Crippen molar-refractivity contribution in [2.45, 2.75) is 31.8 Å². The maximum Gasteiger partial charge on any atom is 0.329 e. The molecule has 1 aromatic heterocycles.